The van der Waals surface area contributed by atoms with Crippen LogP contribution in [0.25, 0.3) is 10.9 Å². The van der Waals surface area contributed by atoms with Crippen LogP contribution in [0, 0.1) is 24.1 Å². The molecule has 33 heavy (non-hydrogen) atoms. The molecule has 3 rings (SSSR count). The molecule has 1 N–H and O–H groups in total. The van der Waals surface area contributed by atoms with E-state index in [1.807, 2.05) is 0 Å². The number of halogens is 1. The van der Waals surface area contributed by atoms with E-state index in [1.165, 1.54) is 6.92 Å². The monoisotopic (exact) mass is 458 g/mol. The molecule has 0 saturated carbocycles. The van der Waals surface area contributed by atoms with Gasteiger partial charge in [0.2, 0.25) is 0 Å². The number of carbonyl (C=O) groups is 1. The third kappa shape index (κ3) is 5.93. The largest absolute Gasteiger partial charge is 0.494 e. The Morgan fingerprint density at radius 2 is 2.27 bits per heavy atom. The van der Waals surface area contributed by atoms with E-state index in [4.69, 9.17) is 21.2 Å². The van der Waals surface area contributed by atoms with Crippen molar-refractivity contribution in [1.29, 1.82) is 5.26 Å². The summed E-state index contributed by atoms with van der Waals surface area (Å²) in [6, 6.07) is -2.26. The molecule has 0 saturated heterocycles. The zero-order chi connectivity index (χ0) is 34.3. The maximum Gasteiger partial charge on any atom is 0.159 e. The first-order valence-corrected chi connectivity index (χ1v) is 9.57. The Morgan fingerprint density at radius 1 is 1.45 bits per heavy atom. The Bertz CT molecular complexity index is 1760. The Labute approximate surface area is 210 Å². The number of nitrogens with zero attached hydrogens (tertiary/aromatic N) is 3. The summed E-state index contributed by atoms with van der Waals surface area (Å²) in [5.74, 6) is -2.79. The van der Waals surface area contributed by atoms with Crippen LogP contribution in [-0.2, 0) is 11.2 Å². The zero-order valence-corrected chi connectivity index (χ0v) is 18.0. The van der Waals surface area contributed by atoms with Crippen molar-refractivity contribution in [3.8, 4) is 11.8 Å². The summed E-state index contributed by atoms with van der Waals surface area (Å²) in [7, 11) is 3.30. The molecule has 170 valence electrons. The highest BCUT2D eigenvalue weighted by Gasteiger charge is 2.16. The minimum absolute atomic E-state index is 0.0572. The van der Waals surface area contributed by atoms with Crippen LogP contribution in [0.3, 0.4) is 0 Å². The van der Waals surface area contributed by atoms with Gasteiger partial charge in [0.05, 0.1) is 35.7 Å². The minimum Gasteiger partial charge on any atom is -0.494 e. The molecule has 0 aliphatic rings. The molecule has 6 nitrogen and oxygen atoms in total. The summed E-state index contributed by atoms with van der Waals surface area (Å²) in [5.41, 5.74) is -2.88. The van der Waals surface area contributed by atoms with Gasteiger partial charge in [-0.25, -0.2) is 4.39 Å². The van der Waals surface area contributed by atoms with Gasteiger partial charge in [0.15, 0.2) is 5.78 Å². The van der Waals surface area contributed by atoms with Gasteiger partial charge in [0.1, 0.15) is 17.6 Å². The number of nitrogens with one attached hydrogen (secondary N) is 1. The van der Waals surface area contributed by atoms with E-state index >= 15 is 0 Å². The number of ketones is 1. The van der Waals surface area contributed by atoms with E-state index in [1.54, 1.807) is 25.1 Å². The molecule has 0 spiro atoms. The van der Waals surface area contributed by atoms with Crippen LogP contribution in [0.1, 0.15) is 40.0 Å². The highest BCUT2D eigenvalue weighted by molar-refractivity contribution is 5.98. The molecule has 7 heteroatoms. The first kappa shape index (κ1) is 12.5. The summed E-state index contributed by atoms with van der Waals surface area (Å²) < 4.78 is 117. The summed E-state index contributed by atoms with van der Waals surface area (Å²) in [4.78, 5) is 18.5. The molecular weight excluding hydrogens is 419 g/mol. The predicted octanol–water partition coefficient (Wildman–Crippen LogP) is 4.93. The van der Waals surface area contributed by atoms with Gasteiger partial charge in [-0.2, -0.15) is 5.26 Å². The van der Waals surface area contributed by atoms with Crippen LogP contribution in [0.4, 0.5) is 15.8 Å². The number of rotatable bonds is 9. The third-order valence-electron chi connectivity index (χ3n) is 4.27. The standard InChI is InChI=1S/C26H27FN4O2/c1-5-33-25-14-24-22(13-18(25)12-21(32)7-6-10-31(3)4)26(19(15-28)16-29-24)30-20-8-9-23(27)17(2)11-20/h6-9,11,13-14,16H,5,10,12H2,1-4H3,(H,29,30)/b7-6+/i1D3,5D2,6D,8D,9D,11D,13D,14D,16D. The number of hydrogen-bond acceptors (Lipinski definition) is 6. The molecule has 0 bridgehead atoms. The average molecular weight is 459 g/mol. The van der Waals surface area contributed by atoms with Gasteiger partial charge in [0, 0.05) is 45.9 Å². The lowest BCUT2D eigenvalue weighted by Gasteiger charge is -2.15. The Morgan fingerprint density at radius 3 is 3.00 bits per heavy atom. The number of ether oxygens (including phenoxy) is 1. The molecule has 0 atom stereocenters. The van der Waals surface area contributed by atoms with Crippen LogP contribution in [0.5, 0.6) is 5.75 Å². The number of allylic oxidation sites excluding steroid dienone is 1. The Hall–Kier alpha value is -3.76. The topological polar surface area (TPSA) is 78.2 Å². The molecule has 2 aromatic carbocycles. The van der Waals surface area contributed by atoms with Gasteiger partial charge in [-0.05, 0) is 63.7 Å². The molecule has 1 heterocycles. The summed E-state index contributed by atoms with van der Waals surface area (Å²) in [6.45, 7) is -5.59. The van der Waals surface area contributed by atoms with Crippen molar-refractivity contribution in [2.75, 3.05) is 32.5 Å². The molecular formula is C26H27FN4O2. The van der Waals surface area contributed by atoms with Gasteiger partial charge >= 0.3 is 0 Å². The van der Waals surface area contributed by atoms with Gasteiger partial charge in [-0.3, -0.25) is 9.78 Å². The summed E-state index contributed by atoms with van der Waals surface area (Å²) >= 11 is 0. The van der Waals surface area contributed by atoms with Crippen LogP contribution < -0.4 is 10.1 Å². The van der Waals surface area contributed by atoms with Crippen LogP contribution in [0.15, 0.2) is 48.5 Å². The molecule has 0 amide bonds. The van der Waals surface area contributed by atoms with Crippen molar-refractivity contribution in [2.24, 2.45) is 0 Å². The smallest absolute Gasteiger partial charge is 0.159 e. The lowest BCUT2D eigenvalue weighted by Crippen LogP contribution is -2.11. The van der Waals surface area contributed by atoms with E-state index < -0.39 is 107 Å². The van der Waals surface area contributed by atoms with Crippen LogP contribution in [-0.4, -0.2) is 42.9 Å². The van der Waals surface area contributed by atoms with Crippen molar-refractivity contribution >= 4 is 28.1 Å². The summed E-state index contributed by atoms with van der Waals surface area (Å²) in [6.07, 6.45) is -0.648. The van der Waals surface area contributed by atoms with E-state index in [9.17, 15) is 14.4 Å². The second-order valence-corrected chi connectivity index (χ2v) is 7.11. The molecule has 0 unspecified atom stereocenters. The van der Waals surface area contributed by atoms with Crippen LogP contribution in [0.2, 0.25) is 0 Å². The fourth-order valence-electron chi connectivity index (χ4n) is 2.78. The van der Waals surface area contributed by atoms with Gasteiger partial charge in [-0.1, -0.05) is 6.05 Å². The fourth-order valence-corrected chi connectivity index (χ4v) is 2.78. The van der Waals surface area contributed by atoms with Crippen molar-refractivity contribution in [2.45, 2.75) is 20.2 Å². The lowest BCUT2D eigenvalue weighted by molar-refractivity contribution is -0.114. The molecule has 0 aliphatic heterocycles. The first-order chi connectivity index (χ1) is 20.6. The Balaban J connectivity index is 2.47. The van der Waals surface area contributed by atoms with Crippen molar-refractivity contribution in [3.05, 3.63) is 71.0 Å². The van der Waals surface area contributed by atoms with Gasteiger partial charge in [-0.15, -0.1) is 0 Å². The maximum atomic E-state index is 14.4. The van der Waals surface area contributed by atoms with Gasteiger partial charge < -0.3 is 15.0 Å². The SMILES string of the molecule is [2H]/C(=C\C(=O)Cc1c(OC([2H])([2H])C([2H])([2H])[2H])c([2H])c2nc([2H])c(C#N)c(Nc3c([2H])c([2H])c(F)c(C)c3[2H])c2c1[2H])CN(C)C. The average Bonchev–Trinajstić information content (AvgIpc) is 2.92. The number of anilines is 2. The lowest BCUT2D eigenvalue weighted by atomic mass is 10.0. The fraction of sp³-hybridized carbons (Fsp3) is 0.269. The second-order valence-electron chi connectivity index (χ2n) is 7.11. The number of aromatic nitrogens is 1. The zero-order valence-electron chi connectivity index (χ0n) is 30.0. The second kappa shape index (κ2) is 10.7. The van der Waals surface area contributed by atoms with Crippen LogP contribution >= 0.6 is 0 Å². The molecule has 1 aromatic heterocycles. The molecule has 0 radical (unpaired) electrons. The Kier molecular flexibility index (Phi) is 4.05. The van der Waals surface area contributed by atoms with Gasteiger partial charge in [0.25, 0.3) is 0 Å². The van der Waals surface area contributed by atoms with Crippen molar-refractivity contribution in [3.63, 3.8) is 0 Å². The number of fused-ring (bicyclic) bond motifs is 1. The van der Waals surface area contributed by atoms with E-state index in [2.05, 4.69) is 10.3 Å². The number of carbonyl (C=O) groups excluding carboxylic acids is 1. The van der Waals surface area contributed by atoms with E-state index in [0.717, 1.165) is 6.08 Å². The number of pyridine rings is 1. The number of benzene rings is 2. The molecule has 0 fully saturated rings. The quantitative estimate of drug-likeness (QED) is 0.458. The highest BCUT2D eigenvalue weighted by Crippen LogP contribution is 2.34. The molecule has 3 aromatic rings. The van der Waals surface area contributed by atoms with E-state index in [-0.39, 0.29) is 18.2 Å². The maximum absolute atomic E-state index is 14.4. The van der Waals surface area contributed by atoms with E-state index in [0.29, 0.717) is 0 Å². The van der Waals surface area contributed by atoms with Crippen molar-refractivity contribution < 1.29 is 30.4 Å². The third-order valence-corrected chi connectivity index (χ3v) is 4.27. The molecule has 0 aliphatic carbocycles. The number of likely N-dealkylation sites (N-methyl/N-ethyl adjacent to an activating group) is 1. The number of hydrogen-bond donors (Lipinski definition) is 1. The predicted molar refractivity (Wildman–Crippen MR) is 128 cm³/mol. The normalized spacial score (nSPS) is 17.5. The highest BCUT2D eigenvalue weighted by atomic mass is 19.1. The van der Waals surface area contributed by atoms with Crippen molar-refractivity contribution in [1.82, 2.24) is 9.88 Å². The minimum atomic E-state index is -3.43. The first-order valence-electron chi connectivity index (χ1n) is 15.6. The summed E-state index contributed by atoms with van der Waals surface area (Å²) in [5, 5.41) is 12.0. The number of nitriles is 1.